The second-order valence-corrected chi connectivity index (χ2v) is 4.07. The van der Waals surface area contributed by atoms with E-state index in [1.165, 1.54) is 6.08 Å². The predicted molar refractivity (Wildman–Crippen MR) is 69.5 cm³/mol. The van der Waals surface area contributed by atoms with Gasteiger partial charge in [-0.2, -0.15) is 0 Å². The molecule has 0 unspecified atom stereocenters. The van der Waals surface area contributed by atoms with Gasteiger partial charge in [0.2, 0.25) is 5.91 Å². The van der Waals surface area contributed by atoms with Crippen LogP contribution in [0.3, 0.4) is 0 Å². The minimum absolute atomic E-state index is 0.0624. The first-order valence-corrected chi connectivity index (χ1v) is 5.69. The Hall–Kier alpha value is -1.68. The van der Waals surface area contributed by atoms with Crippen LogP contribution in [0.1, 0.15) is 12.0 Å². The molecule has 0 aliphatic carbocycles. The van der Waals surface area contributed by atoms with Crippen LogP contribution in [0.15, 0.2) is 30.6 Å². The molecule has 0 saturated heterocycles. The van der Waals surface area contributed by atoms with Crippen molar-refractivity contribution in [2.24, 2.45) is 0 Å². The van der Waals surface area contributed by atoms with Gasteiger partial charge in [0.25, 0.3) is 0 Å². The van der Waals surface area contributed by atoms with Gasteiger partial charge in [-0.05, 0) is 44.8 Å². The van der Waals surface area contributed by atoms with Gasteiger partial charge in [0.1, 0.15) is 0 Å². The van der Waals surface area contributed by atoms with Gasteiger partial charge in [-0.15, -0.1) is 0 Å². The maximum absolute atomic E-state index is 11.4. The fourth-order valence-electron chi connectivity index (χ4n) is 1.31. The van der Waals surface area contributed by atoms with Crippen LogP contribution in [0.2, 0.25) is 0 Å². The molecule has 1 N–H and O–H groups in total. The molecule has 1 heterocycles. The molecule has 1 aromatic rings. The van der Waals surface area contributed by atoms with Crippen LogP contribution in [-0.4, -0.2) is 43.0 Å². The summed E-state index contributed by atoms with van der Waals surface area (Å²) in [5, 5.41) is 2.84. The van der Waals surface area contributed by atoms with Crippen LogP contribution in [0.5, 0.6) is 0 Å². The molecule has 0 atom stereocenters. The van der Waals surface area contributed by atoms with Crippen molar-refractivity contribution in [1.29, 1.82) is 0 Å². The summed E-state index contributed by atoms with van der Waals surface area (Å²) in [5.41, 5.74) is 0.927. The summed E-state index contributed by atoms with van der Waals surface area (Å²) in [4.78, 5) is 17.5. The number of hydrogen-bond acceptors (Lipinski definition) is 3. The molecule has 4 heteroatoms. The first-order chi connectivity index (χ1) is 8.18. The van der Waals surface area contributed by atoms with Crippen LogP contribution in [-0.2, 0) is 4.79 Å². The number of carbonyl (C=O) groups excluding carboxylic acids is 1. The van der Waals surface area contributed by atoms with E-state index < -0.39 is 0 Å². The van der Waals surface area contributed by atoms with Crippen LogP contribution >= 0.6 is 0 Å². The standard InChI is InChI=1S/C13H19N3O/c1-16(2)10-4-9-15-13(17)7-6-12-5-3-8-14-11-12/h3,5-8,11H,4,9-10H2,1-2H3,(H,15,17)/b7-6+. The number of amides is 1. The largest absolute Gasteiger partial charge is 0.353 e. The van der Waals surface area contributed by atoms with E-state index in [2.05, 4.69) is 15.2 Å². The minimum atomic E-state index is -0.0624. The lowest BCUT2D eigenvalue weighted by Crippen LogP contribution is -2.25. The zero-order chi connectivity index (χ0) is 12.5. The molecule has 0 bridgehead atoms. The first kappa shape index (κ1) is 13.4. The first-order valence-electron chi connectivity index (χ1n) is 5.69. The van der Waals surface area contributed by atoms with Crippen molar-refractivity contribution in [3.8, 4) is 0 Å². The number of pyridine rings is 1. The highest BCUT2D eigenvalue weighted by Crippen LogP contribution is 1.97. The third kappa shape index (κ3) is 6.48. The fourth-order valence-corrected chi connectivity index (χ4v) is 1.31. The normalized spacial score (nSPS) is 11.0. The van der Waals surface area contributed by atoms with Gasteiger partial charge >= 0.3 is 0 Å². The van der Waals surface area contributed by atoms with Gasteiger partial charge in [0, 0.05) is 25.0 Å². The lowest BCUT2D eigenvalue weighted by molar-refractivity contribution is -0.116. The van der Waals surface area contributed by atoms with E-state index in [1.54, 1.807) is 18.5 Å². The van der Waals surface area contributed by atoms with Crippen LogP contribution in [0.25, 0.3) is 6.08 Å². The highest BCUT2D eigenvalue weighted by Gasteiger charge is 1.95. The van der Waals surface area contributed by atoms with Crippen molar-refractivity contribution in [3.63, 3.8) is 0 Å². The molecule has 0 spiro atoms. The van der Waals surface area contributed by atoms with Gasteiger partial charge in [-0.25, -0.2) is 0 Å². The highest BCUT2D eigenvalue weighted by molar-refractivity contribution is 5.91. The number of nitrogens with one attached hydrogen (secondary N) is 1. The van der Waals surface area contributed by atoms with Crippen molar-refractivity contribution in [2.45, 2.75) is 6.42 Å². The lowest BCUT2D eigenvalue weighted by Gasteiger charge is -2.08. The molecule has 0 aliphatic rings. The maximum Gasteiger partial charge on any atom is 0.244 e. The maximum atomic E-state index is 11.4. The summed E-state index contributed by atoms with van der Waals surface area (Å²) in [6.45, 7) is 1.68. The lowest BCUT2D eigenvalue weighted by atomic mass is 10.2. The van der Waals surface area contributed by atoms with Gasteiger partial charge in [0.15, 0.2) is 0 Å². The van der Waals surface area contributed by atoms with Crippen molar-refractivity contribution in [2.75, 3.05) is 27.2 Å². The highest BCUT2D eigenvalue weighted by atomic mass is 16.1. The van der Waals surface area contributed by atoms with E-state index in [1.807, 2.05) is 26.2 Å². The summed E-state index contributed by atoms with van der Waals surface area (Å²) < 4.78 is 0. The quantitative estimate of drug-likeness (QED) is 0.592. The van der Waals surface area contributed by atoms with E-state index in [0.717, 1.165) is 18.5 Å². The fraction of sp³-hybridized carbons (Fsp3) is 0.385. The second kappa shape index (κ2) is 7.57. The van der Waals surface area contributed by atoms with Gasteiger partial charge in [-0.3, -0.25) is 9.78 Å². The molecule has 0 aromatic carbocycles. The Morgan fingerprint density at radius 3 is 3.00 bits per heavy atom. The summed E-state index contributed by atoms with van der Waals surface area (Å²) in [6.07, 6.45) is 7.68. The molecule has 0 aliphatic heterocycles. The Balaban J connectivity index is 2.23. The molecule has 0 saturated carbocycles. The number of rotatable bonds is 6. The minimum Gasteiger partial charge on any atom is -0.353 e. The van der Waals surface area contributed by atoms with Crippen molar-refractivity contribution >= 4 is 12.0 Å². The van der Waals surface area contributed by atoms with Gasteiger partial charge in [-0.1, -0.05) is 6.07 Å². The van der Waals surface area contributed by atoms with E-state index >= 15 is 0 Å². The number of hydrogen-bond donors (Lipinski definition) is 1. The Labute approximate surface area is 102 Å². The molecule has 4 nitrogen and oxygen atoms in total. The number of nitrogens with zero attached hydrogens (tertiary/aromatic N) is 2. The van der Waals surface area contributed by atoms with Crippen LogP contribution < -0.4 is 5.32 Å². The molecule has 1 amide bonds. The molecular formula is C13H19N3O. The Bertz CT molecular complexity index is 360. The molecule has 17 heavy (non-hydrogen) atoms. The number of carbonyl (C=O) groups is 1. The van der Waals surface area contributed by atoms with Crippen LogP contribution in [0.4, 0.5) is 0 Å². The van der Waals surface area contributed by atoms with Crippen molar-refractivity contribution < 1.29 is 4.79 Å². The SMILES string of the molecule is CN(C)CCCNC(=O)/C=C/c1cccnc1. The zero-order valence-electron chi connectivity index (χ0n) is 10.4. The average molecular weight is 233 g/mol. The van der Waals surface area contributed by atoms with Gasteiger partial charge in [0.05, 0.1) is 0 Å². The molecular weight excluding hydrogens is 214 g/mol. The van der Waals surface area contributed by atoms with E-state index in [9.17, 15) is 4.79 Å². The Morgan fingerprint density at radius 1 is 1.53 bits per heavy atom. The predicted octanol–water partition coefficient (Wildman–Crippen LogP) is 1.16. The topological polar surface area (TPSA) is 45.2 Å². The second-order valence-electron chi connectivity index (χ2n) is 4.07. The Morgan fingerprint density at radius 2 is 2.35 bits per heavy atom. The van der Waals surface area contributed by atoms with E-state index in [0.29, 0.717) is 6.54 Å². The summed E-state index contributed by atoms with van der Waals surface area (Å²) in [5.74, 6) is -0.0624. The van der Waals surface area contributed by atoms with Crippen LogP contribution in [0, 0.1) is 0 Å². The number of aromatic nitrogens is 1. The third-order valence-corrected chi connectivity index (χ3v) is 2.19. The summed E-state index contributed by atoms with van der Waals surface area (Å²) in [7, 11) is 4.04. The summed E-state index contributed by atoms with van der Waals surface area (Å²) >= 11 is 0. The van der Waals surface area contributed by atoms with Gasteiger partial charge < -0.3 is 10.2 Å². The van der Waals surface area contributed by atoms with Crippen molar-refractivity contribution in [1.82, 2.24) is 15.2 Å². The van der Waals surface area contributed by atoms with Crippen molar-refractivity contribution in [3.05, 3.63) is 36.2 Å². The molecule has 1 rings (SSSR count). The molecule has 1 aromatic heterocycles. The monoisotopic (exact) mass is 233 g/mol. The molecule has 92 valence electrons. The smallest absolute Gasteiger partial charge is 0.244 e. The third-order valence-electron chi connectivity index (χ3n) is 2.19. The summed E-state index contributed by atoms with van der Waals surface area (Å²) in [6, 6.07) is 3.75. The molecule has 0 fully saturated rings. The average Bonchev–Trinajstić information content (AvgIpc) is 2.33. The zero-order valence-corrected chi connectivity index (χ0v) is 10.4. The van der Waals surface area contributed by atoms with E-state index in [-0.39, 0.29) is 5.91 Å². The Kier molecular flexibility index (Phi) is 5.96. The molecule has 0 radical (unpaired) electrons. The van der Waals surface area contributed by atoms with E-state index in [4.69, 9.17) is 0 Å².